The van der Waals surface area contributed by atoms with Gasteiger partial charge in [0.1, 0.15) is 11.4 Å². The van der Waals surface area contributed by atoms with Gasteiger partial charge in [0.05, 0.1) is 19.7 Å². The molecule has 1 N–H and O–H groups in total. The van der Waals surface area contributed by atoms with E-state index < -0.39 is 11.6 Å². The van der Waals surface area contributed by atoms with E-state index in [0.717, 1.165) is 5.56 Å². The molecule has 2 fully saturated rings. The van der Waals surface area contributed by atoms with Crippen molar-refractivity contribution >= 4 is 11.9 Å². The molecule has 0 aromatic heterocycles. The van der Waals surface area contributed by atoms with Gasteiger partial charge in [-0.25, -0.2) is 4.79 Å². The second-order valence-corrected chi connectivity index (χ2v) is 6.68. The first-order valence-electron chi connectivity index (χ1n) is 8.59. The second kappa shape index (κ2) is 6.14. The predicted molar refractivity (Wildman–Crippen MR) is 94.9 cm³/mol. The highest BCUT2D eigenvalue weighted by atomic mass is 16.5. The number of methoxy groups -OCH3 is 1. The Labute approximate surface area is 151 Å². The van der Waals surface area contributed by atoms with Crippen LogP contribution in [0.25, 0.3) is 0 Å². The summed E-state index contributed by atoms with van der Waals surface area (Å²) in [5.74, 6) is 0.288. The molecule has 6 nitrogen and oxygen atoms in total. The third kappa shape index (κ3) is 2.45. The maximum atomic E-state index is 12.8. The Morgan fingerprint density at radius 1 is 1.15 bits per heavy atom. The number of rotatable bonds is 3. The van der Waals surface area contributed by atoms with Crippen LogP contribution in [0.5, 0.6) is 5.75 Å². The monoisotopic (exact) mass is 352 g/mol. The molecule has 2 saturated heterocycles. The lowest BCUT2D eigenvalue weighted by Gasteiger charge is -2.29. The highest BCUT2D eigenvalue weighted by Crippen LogP contribution is 2.41. The molecule has 2 heterocycles. The third-order valence-electron chi connectivity index (χ3n) is 5.35. The Morgan fingerprint density at radius 2 is 1.85 bits per heavy atom. The van der Waals surface area contributed by atoms with Gasteiger partial charge in [0.15, 0.2) is 0 Å². The molecule has 2 atom stereocenters. The Kier molecular flexibility index (Phi) is 3.92. The van der Waals surface area contributed by atoms with Crippen LogP contribution < -0.4 is 4.74 Å². The number of benzene rings is 2. The van der Waals surface area contributed by atoms with Crippen molar-refractivity contribution in [2.24, 2.45) is 0 Å². The minimum Gasteiger partial charge on any atom is -0.497 e. The average Bonchev–Trinajstić information content (AvgIpc) is 3.20. The molecule has 0 spiro atoms. The van der Waals surface area contributed by atoms with Crippen LogP contribution in [-0.4, -0.2) is 53.1 Å². The van der Waals surface area contributed by atoms with Crippen molar-refractivity contribution < 1.29 is 19.4 Å². The Bertz CT molecular complexity index is 837. The van der Waals surface area contributed by atoms with Gasteiger partial charge in [-0.15, -0.1) is 0 Å². The molecule has 2 aromatic rings. The molecule has 2 aliphatic rings. The highest BCUT2D eigenvalue weighted by Gasteiger charge is 2.55. The van der Waals surface area contributed by atoms with E-state index in [2.05, 4.69) is 0 Å². The standard InChI is InChI=1S/C20H20N2O4/c1-26-16-9-7-14(8-10-16)18(23)22-13-17-20(25,11-12-21(17)19(22)24)15-5-3-2-4-6-15/h2-10,17,25H,11-13H2,1H3/t17-,20+/m1/s1. The number of aliphatic hydroxyl groups is 1. The van der Waals surface area contributed by atoms with Crippen LogP contribution >= 0.6 is 0 Å². The summed E-state index contributed by atoms with van der Waals surface area (Å²) in [6, 6.07) is 15.2. The minimum absolute atomic E-state index is 0.176. The number of fused-ring (bicyclic) bond motifs is 1. The zero-order chi connectivity index (χ0) is 18.3. The van der Waals surface area contributed by atoms with Crippen molar-refractivity contribution in [1.29, 1.82) is 0 Å². The van der Waals surface area contributed by atoms with E-state index in [1.165, 1.54) is 4.90 Å². The van der Waals surface area contributed by atoms with Crippen molar-refractivity contribution in [3.8, 4) is 5.75 Å². The van der Waals surface area contributed by atoms with Crippen LogP contribution in [0.1, 0.15) is 22.3 Å². The Balaban J connectivity index is 1.60. The van der Waals surface area contributed by atoms with Crippen molar-refractivity contribution in [3.05, 3.63) is 65.7 Å². The Morgan fingerprint density at radius 3 is 2.50 bits per heavy atom. The van der Waals surface area contributed by atoms with E-state index in [1.807, 2.05) is 30.3 Å². The molecular weight excluding hydrogens is 332 g/mol. The van der Waals surface area contributed by atoms with Crippen LogP contribution in [-0.2, 0) is 5.60 Å². The molecule has 3 amide bonds. The molecule has 0 bridgehead atoms. The van der Waals surface area contributed by atoms with Gasteiger partial charge in [-0.1, -0.05) is 30.3 Å². The van der Waals surface area contributed by atoms with E-state index in [4.69, 9.17) is 4.74 Å². The summed E-state index contributed by atoms with van der Waals surface area (Å²) in [4.78, 5) is 28.4. The number of carbonyl (C=O) groups is 2. The van der Waals surface area contributed by atoms with Gasteiger partial charge in [-0.2, -0.15) is 0 Å². The summed E-state index contributed by atoms with van der Waals surface area (Å²) in [6.45, 7) is 0.608. The number of imide groups is 1. The number of urea groups is 1. The molecule has 0 aliphatic carbocycles. The molecule has 134 valence electrons. The van der Waals surface area contributed by atoms with Crippen molar-refractivity contribution in [3.63, 3.8) is 0 Å². The maximum Gasteiger partial charge on any atom is 0.327 e. The predicted octanol–water partition coefficient (Wildman–Crippen LogP) is 2.23. The SMILES string of the molecule is COc1ccc(C(=O)N2C[C@H]3N(CC[C@]3(O)c3ccccc3)C2=O)cc1. The largest absolute Gasteiger partial charge is 0.497 e. The fraction of sp³-hybridized carbons (Fsp3) is 0.300. The van der Waals surface area contributed by atoms with E-state index in [-0.39, 0.29) is 18.5 Å². The number of ether oxygens (including phenoxy) is 1. The quantitative estimate of drug-likeness (QED) is 0.920. The molecule has 6 heteroatoms. The first kappa shape index (κ1) is 16.6. The number of nitrogens with zero attached hydrogens (tertiary/aromatic N) is 2. The van der Waals surface area contributed by atoms with Gasteiger partial charge in [0, 0.05) is 18.5 Å². The lowest BCUT2D eigenvalue weighted by Crippen LogP contribution is -2.41. The fourth-order valence-electron chi connectivity index (χ4n) is 3.88. The van der Waals surface area contributed by atoms with Gasteiger partial charge in [0.2, 0.25) is 0 Å². The number of carbonyl (C=O) groups excluding carboxylic acids is 2. The van der Waals surface area contributed by atoms with Gasteiger partial charge in [-0.05, 0) is 29.8 Å². The molecule has 0 radical (unpaired) electrons. The summed E-state index contributed by atoms with van der Waals surface area (Å²) in [5.41, 5.74) is 0.0638. The van der Waals surface area contributed by atoms with E-state index >= 15 is 0 Å². The molecule has 4 rings (SSSR count). The first-order valence-corrected chi connectivity index (χ1v) is 8.59. The molecule has 2 aliphatic heterocycles. The van der Waals surface area contributed by atoms with Gasteiger partial charge >= 0.3 is 6.03 Å². The van der Waals surface area contributed by atoms with E-state index in [9.17, 15) is 14.7 Å². The van der Waals surface area contributed by atoms with Crippen LogP contribution in [0.4, 0.5) is 4.79 Å². The van der Waals surface area contributed by atoms with Gasteiger partial charge in [-0.3, -0.25) is 9.69 Å². The van der Waals surface area contributed by atoms with Crippen LogP contribution in [0.15, 0.2) is 54.6 Å². The summed E-state index contributed by atoms with van der Waals surface area (Å²) in [5, 5.41) is 11.2. The highest BCUT2D eigenvalue weighted by molar-refractivity contribution is 6.05. The lowest BCUT2D eigenvalue weighted by molar-refractivity contribution is 0.0135. The molecular formula is C20H20N2O4. The third-order valence-corrected chi connectivity index (χ3v) is 5.35. The summed E-state index contributed by atoms with van der Waals surface area (Å²) >= 11 is 0. The van der Waals surface area contributed by atoms with Crippen LogP contribution in [0.2, 0.25) is 0 Å². The smallest absolute Gasteiger partial charge is 0.327 e. The average molecular weight is 352 g/mol. The van der Waals surface area contributed by atoms with Crippen LogP contribution in [0.3, 0.4) is 0 Å². The molecule has 26 heavy (non-hydrogen) atoms. The van der Waals surface area contributed by atoms with E-state index in [0.29, 0.717) is 24.3 Å². The fourth-order valence-corrected chi connectivity index (χ4v) is 3.88. The van der Waals surface area contributed by atoms with Gasteiger partial charge in [0.25, 0.3) is 5.91 Å². The summed E-state index contributed by atoms with van der Waals surface area (Å²) in [7, 11) is 1.56. The normalized spacial score (nSPS) is 24.7. The molecule has 2 aromatic carbocycles. The summed E-state index contributed by atoms with van der Waals surface area (Å²) in [6.07, 6.45) is 0.470. The van der Waals surface area contributed by atoms with Gasteiger partial charge < -0.3 is 14.7 Å². The molecule has 0 unspecified atom stereocenters. The molecule has 0 saturated carbocycles. The number of hydrogen-bond acceptors (Lipinski definition) is 4. The maximum absolute atomic E-state index is 12.8. The number of amides is 3. The van der Waals surface area contributed by atoms with E-state index in [1.54, 1.807) is 36.3 Å². The zero-order valence-corrected chi connectivity index (χ0v) is 14.5. The van der Waals surface area contributed by atoms with Crippen molar-refractivity contribution in [2.75, 3.05) is 20.2 Å². The minimum atomic E-state index is -1.13. The Hall–Kier alpha value is -2.86. The summed E-state index contributed by atoms with van der Waals surface area (Å²) < 4.78 is 5.10. The number of hydrogen-bond donors (Lipinski definition) is 1. The lowest BCUT2D eigenvalue weighted by atomic mass is 9.86. The first-order chi connectivity index (χ1) is 12.5. The second-order valence-electron chi connectivity index (χ2n) is 6.68. The topological polar surface area (TPSA) is 70.1 Å². The zero-order valence-electron chi connectivity index (χ0n) is 14.5. The van der Waals surface area contributed by atoms with Crippen molar-refractivity contribution in [1.82, 2.24) is 9.80 Å². The van der Waals surface area contributed by atoms with Crippen molar-refractivity contribution in [2.45, 2.75) is 18.1 Å². The van der Waals surface area contributed by atoms with Crippen LogP contribution in [0, 0.1) is 0 Å².